The molecule has 0 spiro atoms. The largest absolute Gasteiger partial charge is 0.493 e. The van der Waals surface area contributed by atoms with Gasteiger partial charge in [0.1, 0.15) is 0 Å². The van der Waals surface area contributed by atoms with Crippen LogP contribution in [0.5, 0.6) is 17.2 Å². The molecule has 0 aliphatic heterocycles. The Morgan fingerprint density at radius 1 is 0.833 bits per heavy atom. The molecule has 124 valence electrons. The lowest BCUT2D eigenvalue weighted by Gasteiger charge is -2.12. The molecule has 0 saturated carbocycles. The maximum absolute atomic E-state index is 5.79. The molecular formula is C17H15BrN2O4. The maximum Gasteiger partial charge on any atom is 0.248 e. The molecule has 24 heavy (non-hydrogen) atoms. The van der Waals surface area contributed by atoms with Crippen molar-refractivity contribution in [3.8, 4) is 40.2 Å². The van der Waals surface area contributed by atoms with Gasteiger partial charge in [-0.2, -0.15) is 0 Å². The zero-order chi connectivity index (χ0) is 17.1. The Morgan fingerprint density at radius 2 is 1.46 bits per heavy atom. The minimum absolute atomic E-state index is 0.365. The van der Waals surface area contributed by atoms with Crippen LogP contribution in [0.4, 0.5) is 0 Å². The zero-order valence-electron chi connectivity index (χ0n) is 13.4. The van der Waals surface area contributed by atoms with Crippen LogP contribution < -0.4 is 14.2 Å². The van der Waals surface area contributed by atoms with Crippen molar-refractivity contribution < 1.29 is 18.6 Å². The molecule has 3 rings (SSSR count). The Kier molecular flexibility index (Phi) is 4.71. The normalized spacial score (nSPS) is 10.5. The van der Waals surface area contributed by atoms with E-state index in [0.29, 0.717) is 34.6 Å². The summed E-state index contributed by atoms with van der Waals surface area (Å²) in [6.45, 7) is 0. The highest BCUT2D eigenvalue weighted by atomic mass is 79.9. The van der Waals surface area contributed by atoms with E-state index in [1.807, 2.05) is 24.3 Å². The Morgan fingerprint density at radius 3 is 2.00 bits per heavy atom. The number of halogens is 1. The van der Waals surface area contributed by atoms with Crippen molar-refractivity contribution in [1.82, 2.24) is 10.2 Å². The average molecular weight is 391 g/mol. The van der Waals surface area contributed by atoms with E-state index in [1.165, 1.54) is 0 Å². The lowest BCUT2D eigenvalue weighted by molar-refractivity contribution is 0.324. The van der Waals surface area contributed by atoms with Crippen molar-refractivity contribution in [1.29, 1.82) is 0 Å². The summed E-state index contributed by atoms with van der Waals surface area (Å²) in [4.78, 5) is 0. The number of ether oxygens (including phenoxy) is 3. The molecule has 0 unspecified atom stereocenters. The van der Waals surface area contributed by atoms with E-state index < -0.39 is 0 Å². The molecule has 0 aliphatic rings. The highest BCUT2D eigenvalue weighted by molar-refractivity contribution is 9.10. The number of hydrogen-bond donors (Lipinski definition) is 0. The molecule has 0 bridgehead atoms. The number of methoxy groups -OCH3 is 3. The third-order valence-electron chi connectivity index (χ3n) is 3.41. The second-order valence-electron chi connectivity index (χ2n) is 4.84. The first kappa shape index (κ1) is 16.3. The third kappa shape index (κ3) is 3.07. The fourth-order valence-corrected chi connectivity index (χ4v) is 2.68. The molecule has 0 radical (unpaired) electrons. The van der Waals surface area contributed by atoms with Gasteiger partial charge in [0, 0.05) is 15.6 Å². The summed E-state index contributed by atoms with van der Waals surface area (Å²) in [5, 5.41) is 8.22. The Balaban J connectivity index is 2.04. The highest BCUT2D eigenvalue weighted by Crippen LogP contribution is 2.41. The molecule has 0 saturated heterocycles. The highest BCUT2D eigenvalue weighted by Gasteiger charge is 2.18. The van der Waals surface area contributed by atoms with Gasteiger partial charge < -0.3 is 18.6 Å². The Bertz CT molecular complexity index is 838. The van der Waals surface area contributed by atoms with E-state index in [4.69, 9.17) is 18.6 Å². The summed E-state index contributed by atoms with van der Waals surface area (Å²) in [5.41, 5.74) is 1.51. The molecule has 6 nitrogen and oxygen atoms in total. The van der Waals surface area contributed by atoms with Crippen LogP contribution in [0, 0.1) is 0 Å². The molecule has 0 amide bonds. The summed E-state index contributed by atoms with van der Waals surface area (Å²) < 4.78 is 22.7. The van der Waals surface area contributed by atoms with Gasteiger partial charge in [-0.1, -0.05) is 22.0 Å². The number of benzene rings is 2. The monoisotopic (exact) mass is 390 g/mol. The van der Waals surface area contributed by atoms with E-state index in [-0.39, 0.29) is 0 Å². The van der Waals surface area contributed by atoms with Gasteiger partial charge in [-0.05, 0) is 30.3 Å². The summed E-state index contributed by atoms with van der Waals surface area (Å²) >= 11 is 3.43. The number of rotatable bonds is 5. The van der Waals surface area contributed by atoms with Crippen LogP contribution in [0.15, 0.2) is 45.3 Å². The fraction of sp³-hybridized carbons (Fsp3) is 0.176. The Hall–Kier alpha value is -2.54. The predicted octanol–water partition coefficient (Wildman–Crippen LogP) is 4.19. The smallest absolute Gasteiger partial charge is 0.248 e. The first-order valence-electron chi connectivity index (χ1n) is 7.06. The number of nitrogens with zero attached hydrogens (tertiary/aromatic N) is 2. The van der Waals surface area contributed by atoms with E-state index in [0.717, 1.165) is 10.0 Å². The van der Waals surface area contributed by atoms with Crippen LogP contribution in [0.2, 0.25) is 0 Å². The van der Waals surface area contributed by atoms with Crippen LogP contribution in [0.3, 0.4) is 0 Å². The minimum atomic E-state index is 0.365. The van der Waals surface area contributed by atoms with Crippen LogP contribution in [-0.4, -0.2) is 31.5 Å². The number of aromatic nitrogens is 2. The van der Waals surface area contributed by atoms with Crippen LogP contribution in [0.1, 0.15) is 0 Å². The lowest BCUT2D eigenvalue weighted by Crippen LogP contribution is -1.95. The van der Waals surface area contributed by atoms with Gasteiger partial charge in [0.25, 0.3) is 0 Å². The third-order valence-corrected chi connectivity index (χ3v) is 3.90. The maximum atomic E-state index is 5.79. The molecule has 0 aliphatic carbocycles. The quantitative estimate of drug-likeness (QED) is 0.650. The topological polar surface area (TPSA) is 66.6 Å². The number of hydrogen-bond acceptors (Lipinski definition) is 6. The zero-order valence-corrected chi connectivity index (χ0v) is 15.0. The first-order valence-corrected chi connectivity index (χ1v) is 7.85. The molecule has 0 fully saturated rings. The Labute approximate surface area is 147 Å². The second-order valence-corrected chi connectivity index (χ2v) is 5.75. The summed E-state index contributed by atoms with van der Waals surface area (Å²) in [6.07, 6.45) is 0. The second kappa shape index (κ2) is 6.92. The van der Waals surface area contributed by atoms with E-state index in [2.05, 4.69) is 26.1 Å². The molecule has 3 aromatic rings. The van der Waals surface area contributed by atoms with Crippen LogP contribution >= 0.6 is 15.9 Å². The lowest BCUT2D eigenvalue weighted by atomic mass is 10.2. The molecule has 0 atom stereocenters. The van der Waals surface area contributed by atoms with E-state index in [1.54, 1.807) is 33.5 Å². The SMILES string of the molecule is COc1cc(-c2nnc(-c3cccc(Br)c3)o2)cc(OC)c1OC. The van der Waals surface area contributed by atoms with Crippen molar-refractivity contribution in [2.24, 2.45) is 0 Å². The van der Waals surface area contributed by atoms with Gasteiger partial charge in [-0.3, -0.25) is 0 Å². The molecule has 1 heterocycles. The summed E-state index contributed by atoms with van der Waals surface area (Å²) in [6, 6.07) is 11.2. The summed E-state index contributed by atoms with van der Waals surface area (Å²) in [5.74, 6) is 2.35. The predicted molar refractivity (Wildman–Crippen MR) is 92.5 cm³/mol. The molecule has 7 heteroatoms. The van der Waals surface area contributed by atoms with Gasteiger partial charge in [0.05, 0.1) is 21.3 Å². The summed E-state index contributed by atoms with van der Waals surface area (Å²) in [7, 11) is 4.67. The van der Waals surface area contributed by atoms with Gasteiger partial charge in [-0.25, -0.2) is 0 Å². The molecule has 1 aromatic heterocycles. The van der Waals surface area contributed by atoms with Crippen molar-refractivity contribution in [2.75, 3.05) is 21.3 Å². The molecule has 2 aromatic carbocycles. The van der Waals surface area contributed by atoms with Gasteiger partial charge >= 0.3 is 0 Å². The van der Waals surface area contributed by atoms with Gasteiger partial charge in [-0.15, -0.1) is 10.2 Å². The minimum Gasteiger partial charge on any atom is -0.493 e. The molecule has 0 N–H and O–H groups in total. The van der Waals surface area contributed by atoms with Gasteiger partial charge in [0.2, 0.25) is 17.5 Å². The van der Waals surface area contributed by atoms with E-state index >= 15 is 0 Å². The molecular weight excluding hydrogens is 376 g/mol. The van der Waals surface area contributed by atoms with Crippen molar-refractivity contribution in [3.05, 3.63) is 40.9 Å². The first-order chi connectivity index (χ1) is 11.7. The average Bonchev–Trinajstić information content (AvgIpc) is 3.10. The van der Waals surface area contributed by atoms with Crippen molar-refractivity contribution in [2.45, 2.75) is 0 Å². The fourth-order valence-electron chi connectivity index (χ4n) is 2.28. The van der Waals surface area contributed by atoms with Crippen molar-refractivity contribution in [3.63, 3.8) is 0 Å². The van der Waals surface area contributed by atoms with Crippen molar-refractivity contribution >= 4 is 15.9 Å². The van der Waals surface area contributed by atoms with Crippen LogP contribution in [-0.2, 0) is 0 Å². The van der Waals surface area contributed by atoms with Crippen LogP contribution in [0.25, 0.3) is 22.9 Å². The standard InChI is InChI=1S/C17H15BrN2O4/c1-21-13-8-11(9-14(22-2)15(13)23-3)17-20-19-16(24-17)10-5-4-6-12(18)7-10/h4-9H,1-3H3. The van der Waals surface area contributed by atoms with Gasteiger partial charge in [0.15, 0.2) is 11.5 Å². The van der Waals surface area contributed by atoms with E-state index in [9.17, 15) is 0 Å².